The van der Waals surface area contributed by atoms with Gasteiger partial charge in [0.05, 0.1) is 6.61 Å². The third-order valence-corrected chi connectivity index (χ3v) is 2.60. The predicted octanol–water partition coefficient (Wildman–Crippen LogP) is 3.91. The van der Waals surface area contributed by atoms with Crippen LogP contribution in [0, 0.1) is 19.3 Å². The molecule has 0 spiro atoms. The molecule has 0 aliphatic carbocycles. The number of hydrogen-bond donors (Lipinski definition) is 0. The average Bonchev–Trinajstić information content (AvgIpc) is 2.24. The second kappa shape index (κ2) is 6.23. The normalized spacial score (nSPS) is 10.2. The summed E-state index contributed by atoms with van der Waals surface area (Å²) < 4.78 is 5.63. The highest BCUT2D eigenvalue weighted by Gasteiger charge is 2.04. The van der Waals surface area contributed by atoms with E-state index in [-0.39, 0.29) is 0 Å². The molecule has 0 fully saturated rings. The Morgan fingerprint density at radius 2 is 2.12 bits per heavy atom. The molecule has 0 saturated carbocycles. The molecule has 0 amide bonds. The number of benzene rings is 1. The Kier molecular flexibility index (Phi) is 4.92. The summed E-state index contributed by atoms with van der Waals surface area (Å²) >= 11 is 0. The SMILES string of the molecule is C#CCCCOc1ccc(C(C)C)c(C)c1. The number of unbranched alkanes of at least 4 members (excludes halogenated alkanes) is 1. The molecule has 0 aromatic heterocycles. The van der Waals surface area contributed by atoms with Gasteiger partial charge in [0.25, 0.3) is 0 Å². The molecule has 0 aliphatic rings. The average molecular weight is 216 g/mol. The lowest BCUT2D eigenvalue weighted by molar-refractivity contribution is 0.312. The van der Waals surface area contributed by atoms with Crippen LogP contribution in [0.1, 0.15) is 43.7 Å². The number of terminal acetylenes is 1. The molecule has 86 valence electrons. The number of rotatable bonds is 5. The molecule has 0 bridgehead atoms. The van der Waals surface area contributed by atoms with Crippen molar-refractivity contribution in [2.75, 3.05) is 6.61 Å². The van der Waals surface area contributed by atoms with Gasteiger partial charge < -0.3 is 4.74 Å². The Labute approximate surface area is 98.8 Å². The van der Waals surface area contributed by atoms with Gasteiger partial charge in [-0.3, -0.25) is 0 Å². The Balaban J connectivity index is 2.57. The summed E-state index contributed by atoms with van der Waals surface area (Å²) in [7, 11) is 0. The molecule has 1 nitrogen and oxygen atoms in total. The van der Waals surface area contributed by atoms with Crippen LogP contribution in [-0.2, 0) is 0 Å². The molecular formula is C15H20O. The molecule has 1 heteroatoms. The molecule has 0 unspecified atom stereocenters. The monoisotopic (exact) mass is 216 g/mol. The van der Waals surface area contributed by atoms with Crippen molar-refractivity contribution in [1.29, 1.82) is 0 Å². The molecule has 0 N–H and O–H groups in total. The van der Waals surface area contributed by atoms with E-state index in [1.54, 1.807) is 0 Å². The standard InChI is InChI=1S/C15H20O/c1-5-6-7-10-16-14-8-9-15(12(2)3)13(4)11-14/h1,8-9,11-12H,6-7,10H2,2-4H3. The second-order valence-corrected chi connectivity index (χ2v) is 4.33. The lowest BCUT2D eigenvalue weighted by atomic mass is 9.98. The molecule has 1 rings (SSSR count). The molecular weight excluding hydrogens is 196 g/mol. The molecule has 0 saturated heterocycles. The van der Waals surface area contributed by atoms with Gasteiger partial charge in [-0.1, -0.05) is 19.9 Å². The summed E-state index contributed by atoms with van der Waals surface area (Å²) in [6.45, 7) is 7.24. The van der Waals surface area contributed by atoms with Crippen molar-refractivity contribution in [3.63, 3.8) is 0 Å². The lowest BCUT2D eigenvalue weighted by Gasteiger charge is -2.12. The molecule has 0 heterocycles. The maximum Gasteiger partial charge on any atom is 0.119 e. The second-order valence-electron chi connectivity index (χ2n) is 4.33. The Morgan fingerprint density at radius 3 is 2.69 bits per heavy atom. The fourth-order valence-electron chi connectivity index (χ4n) is 1.75. The third kappa shape index (κ3) is 3.62. The van der Waals surface area contributed by atoms with E-state index < -0.39 is 0 Å². The number of ether oxygens (including phenoxy) is 1. The first-order valence-corrected chi connectivity index (χ1v) is 5.82. The third-order valence-electron chi connectivity index (χ3n) is 2.60. The van der Waals surface area contributed by atoms with Crippen molar-refractivity contribution < 1.29 is 4.74 Å². The van der Waals surface area contributed by atoms with Crippen molar-refractivity contribution in [3.8, 4) is 18.1 Å². The highest BCUT2D eigenvalue weighted by atomic mass is 16.5. The van der Waals surface area contributed by atoms with Crippen molar-refractivity contribution in [2.45, 2.75) is 39.5 Å². The quantitative estimate of drug-likeness (QED) is 0.535. The first-order valence-electron chi connectivity index (χ1n) is 5.82. The maximum atomic E-state index is 5.63. The van der Waals surface area contributed by atoms with Crippen LogP contribution in [0.25, 0.3) is 0 Å². The van der Waals surface area contributed by atoms with Gasteiger partial charge in [0.2, 0.25) is 0 Å². The fourth-order valence-corrected chi connectivity index (χ4v) is 1.75. The summed E-state index contributed by atoms with van der Waals surface area (Å²) in [5, 5.41) is 0. The van der Waals surface area contributed by atoms with Gasteiger partial charge in [-0.25, -0.2) is 0 Å². The van der Waals surface area contributed by atoms with Gasteiger partial charge in [-0.05, 0) is 42.5 Å². The van der Waals surface area contributed by atoms with Crippen LogP contribution in [0.2, 0.25) is 0 Å². The molecule has 1 aromatic rings. The molecule has 0 aliphatic heterocycles. The number of aryl methyl sites for hydroxylation is 1. The topological polar surface area (TPSA) is 9.23 Å². The van der Waals surface area contributed by atoms with Crippen LogP contribution >= 0.6 is 0 Å². The van der Waals surface area contributed by atoms with Crippen molar-refractivity contribution in [2.24, 2.45) is 0 Å². The zero-order valence-electron chi connectivity index (χ0n) is 10.4. The van der Waals surface area contributed by atoms with Crippen LogP contribution in [0.5, 0.6) is 5.75 Å². The van der Waals surface area contributed by atoms with Crippen molar-refractivity contribution in [3.05, 3.63) is 29.3 Å². The highest BCUT2D eigenvalue weighted by molar-refractivity contribution is 5.36. The molecule has 1 aromatic carbocycles. The van der Waals surface area contributed by atoms with E-state index in [1.807, 2.05) is 6.07 Å². The van der Waals surface area contributed by atoms with E-state index in [9.17, 15) is 0 Å². The maximum absolute atomic E-state index is 5.63. The molecule has 0 radical (unpaired) electrons. The predicted molar refractivity (Wildman–Crippen MR) is 68.8 cm³/mol. The van der Waals surface area contributed by atoms with E-state index in [4.69, 9.17) is 11.2 Å². The van der Waals surface area contributed by atoms with Crippen LogP contribution in [0.15, 0.2) is 18.2 Å². The van der Waals surface area contributed by atoms with Gasteiger partial charge >= 0.3 is 0 Å². The van der Waals surface area contributed by atoms with Crippen LogP contribution in [-0.4, -0.2) is 6.61 Å². The van der Waals surface area contributed by atoms with Gasteiger partial charge in [0, 0.05) is 6.42 Å². The lowest BCUT2D eigenvalue weighted by Crippen LogP contribution is -1.98. The summed E-state index contributed by atoms with van der Waals surface area (Å²) in [6.07, 6.45) is 6.88. The van der Waals surface area contributed by atoms with E-state index in [2.05, 4.69) is 38.8 Å². The number of hydrogen-bond acceptors (Lipinski definition) is 1. The first kappa shape index (κ1) is 12.6. The zero-order chi connectivity index (χ0) is 12.0. The summed E-state index contributed by atoms with van der Waals surface area (Å²) in [5.41, 5.74) is 2.68. The van der Waals surface area contributed by atoms with Gasteiger partial charge in [-0.2, -0.15) is 0 Å². The van der Waals surface area contributed by atoms with Gasteiger partial charge in [0.1, 0.15) is 5.75 Å². The van der Waals surface area contributed by atoms with Crippen LogP contribution < -0.4 is 4.74 Å². The largest absolute Gasteiger partial charge is 0.494 e. The Bertz CT molecular complexity index is 372. The molecule has 0 atom stereocenters. The Hall–Kier alpha value is -1.42. The summed E-state index contributed by atoms with van der Waals surface area (Å²) in [5.74, 6) is 4.12. The Morgan fingerprint density at radius 1 is 1.38 bits per heavy atom. The van der Waals surface area contributed by atoms with Crippen molar-refractivity contribution in [1.82, 2.24) is 0 Å². The van der Waals surface area contributed by atoms with E-state index >= 15 is 0 Å². The van der Waals surface area contributed by atoms with E-state index in [0.29, 0.717) is 12.5 Å². The van der Waals surface area contributed by atoms with E-state index in [0.717, 1.165) is 18.6 Å². The smallest absolute Gasteiger partial charge is 0.119 e. The molecule has 16 heavy (non-hydrogen) atoms. The highest BCUT2D eigenvalue weighted by Crippen LogP contribution is 2.23. The van der Waals surface area contributed by atoms with Gasteiger partial charge in [-0.15, -0.1) is 12.3 Å². The first-order chi connectivity index (χ1) is 7.65. The zero-order valence-corrected chi connectivity index (χ0v) is 10.4. The minimum atomic E-state index is 0.565. The summed E-state index contributed by atoms with van der Waals surface area (Å²) in [6, 6.07) is 6.29. The summed E-state index contributed by atoms with van der Waals surface area (Å²) in [4.78, 5) is 0. The van der Waals surface area contributed by atoms with Crippen molar-refractivity contribution >= 4 is 0 Å². The minimum Gasteiger partial charge on any atom is -0.494 e. The van der Waals surface area contributed by atoms with Crippen LogP contribution in [0.4, 0.5) is 0 Å². The van der Waals surface area contributed by atoms with Crippen LogP contribution in [0.3, 0.4) is 0 Å². The van der Waals surface area contributed by atoms with E-state index in [1.165, 1.54) is 11.1 Å². The fraction of sp³-hybridized carbons (Fsp3) is 0.467. The minimum absolute atomic E-state index is 0.565. The van der Waals surface area contributed by atoms with Gasteiger partial charge in [0.15, 0.2) is 0 Å².